The number of amides is 1. The van der Waals surface area contributed by atoms with Crippen molar-refractivity contribution in [3.63, 3.8) is 0 Å². The lowest BCUT2D eigenvalue weighted by Gasteiger charge is -2.07. The summed E-state index contributed by atoms with van der Waals surface area (Å²) in [5, 5.41) is 5.81. The number of ether oxygens (including phenoxy) is 1. The summed E-state index contributed by atoms with van der Waals surface area (Å²) >= 11 is 0. The third-order valence-corrected chi connectivity index (χ3v) is 3.58. The van der Waals surface area contributed by atoms with Gasteiger partial charge >= 0.3 is 5.97 Å². The molecule has 2 aromatic carbocycles. The van der Waals surface area contributed by atoms with E-state index in [1.54, 1.807) is 31.2 Å². The van der Waals surface area contributed by atoms with Gasteiger partial charge in [-0.25, -0.2) is 14.8 Å². The highest BCUT2D eigenvalue weighted by molar-refractivity contribution is 6.03. The second kappa shape index (κ2) is 8.57. The average Bonchev–Trinajstić information content (AvgIpc) is 2.70. The number of benzene rings is 2. The second-order valence-corrected chi connectivity index (χ2v) is 5.53. The van der Waals surface area contributed by atoms with Gasteiger partial charge in [-0.05, 0) is 43.3 Å². The maximum atomic E-state index is 12.3. The average molecular weight is 362 g/mol. The Morgan fingerprint density at radius 1 is 0.926 bits per heavy atom. The molecule has 27 heavy (non-hydrogen) atoms. The molecule has 1 aromatic heterocycles. The number of carbonyl (C=O) groups is 2. The van der Waals surface area contributed by atoms with Crippen molar-refractivity contribution in [3.05, 3.63) is 78.2 Å². The number of aromatic nitrogens is 2. The zero-order valence-corrected chi connectivity index (χ0v) is 14.7. The number of hydrogen-bond acceptors (Lipinski definition) is 6. The Balaban J connectivity index is 1.61. The fraction of sp³-hybridized carbons (Fsp3) is 0.100. The summed E-state index contributed by atoms with van der Waals surface area (Å²) in [6.45, 7) is 2.05. The van der Waals surface area contributed by atoms with E-state index in [1.165, 1.54) is 12.4 Å². The van der Waals surface area contributed by atoms with Crippen molar-refractivity contribution in [2.24, 2.45) is 0 Å². The van der Waals surface area contributed by atoms with Crippen LogP contribution in [0.4, 0.5) is 17.2 Å². The molecule has 3 aromatic rings. The molecule has 0 radical (unpaired) electrons. The van der Waals surface area contributed by atoms with E-state index < -0.39 is 11.9 Å². The third-order valence-electron chi connectivity index (χ3n) is 3.58. The molecule has 0 atom stereocenters. The minimum Gasteiger partial charge on any atom is -0.462 e. The molecule has 1 amide bonds. The van der Waals surface area contributed by atoms with Crippen molar-refractivity contribution in [1.82, 2.24) is 9.97 Å². The molecule has 0 saturated heterocycles. The van der Waals surface area contributed by atoms with Crippen molar-refractivity contribution >= 4 is 29.1 Å². The molecule has 7 nitrogen and oxygen atoms in total. The van der Waals surface area contributed by atoms with E-state index in [0.29, 0.717) is 23.7 Å². The van der Waals surface area contributed by atoms with E-state index in [0.717, 1.165) is 5.69 Å². The molecule has 0 aliphatic rings. The molecule has 0 saturated carbocycles. The summed E-state index contributed by atoms with van der Waals surface area (Å²) < 4.78 is 4.92. The Bertz CT molecular complexity index is 910. The molecule has 7 heteroatoms. The van der Waals surface area contributed by atoms with E-state index in [2.05, 4.69) is 20.6 Å². The monoisotopic (exact) mass is 362 g/mol. The number of nitrogens with zero attached hydrogens (tertiary/aromatic N) is 2. The number of anilines is 3. The Labute approximate surface area is 156 Å². The van der Waals surface area contributed by atoms with Gasteiger partial charge in [-0.2, -0.15) is 0 Å². The molecule has 2 N–H and O–H groups in total. The second-order valence-electron chi connectivity index (χ2n) is 5.53. The van der Waals surface area contributed by atoms with E-state index in [9.17, 15) is 9.59 Å². The van der Waals surface area contributed by atoms with Gasteiger partial charge in [0.2, 0.25) is 0 Å². The summed E-state index contributed by atoms with van der Waals surface area (Å²) in [6.07, 6.45) is 2.89. The van der Waals surface area contributed by atoms with Crippen molar-refractivity contribution in [1.29, 1.82) is 0 Å². The van der Waals surface area contributed by atoms with Gasteiger partial charge in [0.25, 0.3) is 5.91 Å². The third kappa shape index (κ3) is 4.88. The predicted molar refractivity (Wildman–Crippen MR) is 102 cm³/mol. The van der Waals surface area contributed by atoms with Crippen LogP contribution in [0, 0.1) is 0 Å². The van der Waals surface area contributed by atoms with Crippen LogP contribution in [0.5, 0.6) is 0 Å². The number of hydrogen-bond donors (Lipinski definition) is 2. The SMILES string of the molecule is CCOC(=O)c1ccc(NC(=O)c2cnc(Nc3ccccc3)cn2)cc1. The van der Waals surface area contributed by atoms with Gasteiger partial charge in [-0.15, -0.1) is 0 Å². The zero-order valence-electron chi connectivity index (χ0n) is 14.7. The number of rotatable bonds is 6. The van der Waals surface area contributed by atoms with Crippen LogP contribution in [0.15, 0.2) is 67.0 Å². The molecule has 3 rings (SSSR count). The van der Waals surface area contributed by atoms with Crippen LogP contribution in [0.3, 0.4) is 0 Å². The zero-order chi connectivity index (χ0) is 19.1. The summed E-state index contributed by atoms with van der Waals surface area (Å²) in [7, 11) is 0. The molecular formula is C20H18N4O3. The van der Waals surface area contributed by atoms with Crippen molar-refractivity contribution in [3.8, 4) is 0 Å². The van der Waals surface area contributed by atoms with E-state index >= 15 is 0 Å². The number of carbonyl (C=O) groups excluding carboxylic acids is 2. The van der Waals surface area contributed by atoms with Crippen LogP contribution in [-0.4, -0.2) is 28.5 Å². The molecule has 0 aliphatic carbocycles. The highest BCUT2D eigenvalue weighted by Crippen LogP contribution is 2.14. The van der Waals surface area contributed by atoms with Crippen LogP contribution in [0.25, 0.3) is 0 Å². The van der Waals surface area contributed by atoms with Crippen molar-refractivity contribution in [2.45, 2.75) is 6.92 Å². The van der Waals surface area contributed by atoms with Gasteiger partial charge in [-0.1, -0.05) is 18.2 Å². The highest BCUT2D eigenvalue weighted by Gasteiger charge is 2.10. The lowest BCUT2D eigenvalue weighted by atomic mass is 10.2. The van der Waals surface area contributed by atoms with E-state index in [1.807, 2.05) is 30.3 Å². The fourth-order valence-electron chi connectivity index (χ4n) is 2.28. The van der Waals surface area contributed by atoms with Gasteiger partial charge in [0.15, 0.2) is 0 Å². The van der Waals surface area contributed by atoms with Gasteiger partial charge in [0, 0.05) is 11.4 Å². The minimum atomic E-state index is -0.400. The molecule has 0 aliphatic heterocycles. The normalized spacial score (nSPS) is 10.1. The molecule has 0 spiro atoms. The number of para-hydroxylation sites is 1. The minimum absolute atomic E-state index is 0.183. The number of esters is 1. The first kappa shape index (κ1) is 18.1. The Kier molecular flexibility index (Phi) is 5.73. The molecular weight excluding hydrogens is 344 g/mol. The lowest BCUT2D eigenvalue weighted by Crippen LogP contribution is -2.14. The molecule has 0 unspecified atom stereocenters. The first-order valence-electron chi connectivity index (χ1n) is 8.38. The first-order chi connectivity index (χ1) is 13.2. The summed E-state index contributed by atoms with van der Waals surface area (Å²) in [4.78, 5) is 32.2. The van der Waals surface area contributed by atoms with E-state index in [4.69, 9.17) is 4.74 Å². The van der Waals surface area contributed by atoms with Crippen molar-refractivity contribution < 1.29 is 14.3 Å². The van der Waals surface area contributed by atoms with Crippen LogP contribution in [-0.2, 0) is 4.74 Å². The van der Waals surface area contributed by atoms with Crippen LogP contribution >= 0.6 is 0 Å². The molecule has 1 heterocycles. The summed E-state index contributed by atoms with van der Waals surface area (Å²) in [5.41, 5.74) is 2.03. The van der Waals surface area contributed by atoms with E-state index in [-0.39, 0.29) is 5.69 Å². The highest BCUT2D eigenvalue weighted by atomic mass is 16.5. The van der Waals surface area contributed by atoms with Crippen molar-refractivity contribution in [2.75, 3.05) is 17.2 Å². The smallest absolute Gasteiger partial charge is 0.338 e. The number of nitrogens with one attached hydrogen (secondary N) is 2. The lowest BCUT2D eigenvalue weighted by molar-refractivity contribution is 0.0526. The Morgan fingerprint density at radius 2 is 1.67 bits per heavy atom. The predicted octanol–water partition coefficient (Wildman–Crippen LogP) is 3.65. The standard InChI is InChI=1S/C20H18N4O3/c1-2-27-20(26)14-8-10-16(11-9-14)24-19(25)17-12-22-18(13-21-17)23-15-6-4-3-5-7-15/h3-13H,2H2,1H3,(H,22,23)(H,24,25). The maximum absolute atomic E-state index is 12.3. The van der Waals surface area contributed by atoms with Crippen LogP contribution in [0.1, 0.15) is 27.8 Å². The Morgan fingerprint density at radius 3 is 2.30 bits per heavy atom. The molecule has 136 valence electrons. The van der Waals surface area contributed by atoms with Gasteiger partial charge in [0.05, 0.1) is 24.6 Å². The quantitative estimate of drug-likeness (QED) is 0.650. The Hall–Kier alpha value is -3.74. The van der Waals surface area contributed by atoms with Crippen LogP contribution < -0.4 is 10.6 Å². The summed E-state index contributed by atoms with van der Waals surface area (Å²) in [6, 6.07) is 16.0. The van der Waals surface area contributed by atoms with Gasteiger partial charge < -0.3 is 15.4 Å². The van der Waals surface area contributed by atoms with Gasteiger partial charge in [-0.3, -0.25) is 4.79 Å². The van der Waals surface area contributed by atoms with Crippen LogP contribution in [0.2, 0.25) is 0 Å². The largest absolute Gasteiger partial charge is 0.462 e. The first-order valence-corrected chi connectivity index (χ1v) is 8.38. The molecule has 0 bridgehead atoms. The van der Waals surface area contributed by atoms with Gasteiger partial charge in [0.1, 0.15) is 11.5 Å². The molecule has 0 fully saturated rings. The summed E-state index contributed by atoms with van der Waals surface area (Å²) in [5.74, 6) is -0.253. The fourth-order valence-corrected chi connectivity index (χ4v) is 2.28. The topological polar surface area (TPSA) is 93.2 Å². The maximum Gasteiger partial charge on any atom is 0.338 e.